The highest BCUT2D eigenvalue weighted by Gasteiger charge is 2.36. The zero-order valence-electron chi connectivity index (χ0n) is 13.4. The highest BCUT2D eigenvalue weighted by atomic mass is 16.3. The summed E-state index contributed by atoms with van der Waals surface area (Å²) < 4.78 is 0. The Morgan fingerprint density at radius 2 is 1.95 bits per heavy atom. The normalized spacial score (nSPS) is 30.6. The van der Waals surface area contributed by atoms with Crippen LogP contribution in [0.15, 0.2) is 0 Å². The summed E-state index contributed by atoms with van der Waals surface area (Å²) in [5.74, 6) is 0.386. The molecule has 2 rings (SSSR count). The second-order valence-electron chi connectivity index (χ2n) is 7.70. The molecule has 1 amide bonds. The second-order valence-corrected chi connectivity index (χ2v) is 7.70. The maximum atomic E-state index is 12.2. The van der Waals surface area contributed by atoms with Gasteiger partial charge in [0.1, 0.15) is 0 Å². The van der Waals surface area contributed by atoms with Crippen LogP contribution in [0.25, 0.3) is 0 Å². The van der Waals surface area contributed by atoms with Gasteiger partial charge in [-0.1, -0.05) is 27.2 Å². The van der Waals surface area contributed by atoms with Gasteiger partial charge in [0.2, 0.25) is 5.91 Å². The molecule has 1 aliphatic heterocycles. The van der Waals surface area contributed by atoms with E-state index in [1.165, 1.54) is 19.3 Å². The van der Waals surface area contributed by atoms with Crippen molar-refractivity contribution in [1.82, 2.24) is 10.2 Å². The van der Waals surface area contributed by atoms with Crippen LogP contribution in [-0.4, -0.2) is 47.2 Å². The summed E-state index contributed by atoms with van der Waals surface area (Å²) in [7, 11) is 0. The quantitative estimate of drug-likeness (QED) is 0.829. The SMILES string of the molecule is CC(O)C1CC(NC(=O)C(C)(C)C)CN(C2CCC2)C1. The lowest BCUT2D eigenvalue weighted by atomic mass is 9.84. The van der Waals surface area contributed by atoms with Crippen LogP contribution < -0.4 is 5.32 Å². The number of hydrogen-bond acceptors (Lipinski definition) is 3. The molecule has 2 fully saturated rings. The van der Waals surface area contributed by atoms with Crippen LogP contribution in [0, 0.1) is 11.3 Å². The highest BCUT2D eigenvalue weighted by molar-refractivity contribution is 5.81. The van der Waals surface area contributed by atoms with E-state index in [-0.39, 0.29) is 29.4 Å². The first kappa shape index (κ1) is 15.8. The third kappa shape index (κ3) is 3.73. The first-order valence-electron chi connectivity index (χ1n) is 8.00. The Bertz CT molecular complexity index is 345. The predicted octanol–water partition coefficient (Wildman–Crippen LogP) is 1.77. The number of aliphatic hydroxyl groups is 1. The summed E-state index contributed by atoms with van der Waals surface area (Å²) in [6.45, 7) is 9.63. The van der Waals surface area contributed by atoms with Crippen LogP contribution in [-0.2, 0) is 4.79 Å². The van der Waals surface area contributed by atoms with Crippen molar-refractivity contribution in [3.8, 4) is 0 Å². The van der Waals surface area contributed by atoms with Gasteiger partial charge in [-0.2, -0.15) is 0 Å². The Kier molecular flexibility index (Phi) is 4.75. The lowest BCUT2D eigenvalue weighted by Gasteiger charge is -2.46. The first-order chi connectivity index (χ1) is 9.27. The summed E-state index contributed by atoms with van der Waals surface area (Å²) in [5, 5.41) is 13.1. The van der Waals surface area contributed by atoms with Gasteiger partial charge < -0.3 is 10.4 Å². The Hall–Kier alpha value is -0.610. The van der Waals surface area contributed by atoms with Crippen LogP contribution in [0.5, 0.6) is 0 Å². The molecule has 116 valence electrons. The number of hydrogen-bond donors (Lipinski definition) is 2. The van der Waals surface area contributed by atoms with Crippen molar-refractivity contribution in [3.05, 3.63) is 0 Å². The summed E-state index contributed by atoms with van der Waals surface area (Å²) >= 11 is 0. The van der Waals surface area contributed by atoms with E-state index in [0.29, 0.717) is 6.04 Å². The van der Waals surface area contributed by atoms with Gasteiger partial charge in [-0.05, 0) is 32.1 Å². The first-order valence-corrected chi connectivity index (χ1v) is 8.00. The minimum Gasteiger partial charge on any atom is -0.393 e. The molecular weight excluding hydrogens is 252 g/mol. The zero-order valence-corrected chi connectivity index (χ0v) is 13.4. The lowest BCUT2D eigenvalue weighted by molar-refractivity contribution is -0.130. The predicted molar refractivity (Wildman–Crippen MR) is 80.4 cm³/mol. The molecule has 3 unspecified atom stereocenters. The molecule has 0 aromatic rings. The average Bonchev–Trinajstić information content (AvgIpc) is 2.24. The zero-order chi connectivity index (χ0) is 14.9. The number of piperidine rings is 1. The van der Waals surface area contributed by atoms with Gasteiger partial charge in [-0.3, -0.25) is 9.69 Å². The molecule has 0 radical (unpaired) electrons. The van der Waals surface area contributed by atoms with E-state index in [4.69, 9.17) is 0 Å². The molecule has 4 heteroatoms. The third-order valence-corrected chi connectivity index (χ3v) is 4.80. The molecule has 0 aromatic carbocycles. The third-order valence-electron chi connectivity index (χ3n) is 4.80. The van der Waals surface area contributed by atoms with Gasteiger partial charge in [-0.15, -0.1) is 0 Å². The maximum absolute atomic E-state index is 12.2. The molecule has 1 saturated heterocycles. The van der Waals surface area contributed by atoms with Gasteiger partial charge in [-0.25, -0.2) is 0 Å². The molecule has 0 spiro atoms. The summed E-state index contributed by atoms with van der Waals surface area (Å²) in [5.41, 5.74) is -0.348. The second kappa shape index (κ2) is 6.02. The Balaban J connectivity index is 1.98. The van der Waals surface area contributed by atoms with Crippen molar-refractivity contribution < 1.29 is 9.90 Å². The average molecular weight is 282 g/mol. The van der Waals surface area contributed by atoms with Gasteiger partial charge in [0.15, 0.2) is 0 Å². The van der Waals surface area contributed by atoms with Crippen molar-refractivity contribution in [3.63, 3.8) is 0 Å². The molecule has 4 nitrogen and oxygen atoms in total. The van der Waals surface area contributed by atoms with E-state index in [0.717, 1.165) is 19.5 Å². The van der Waals surface area contributed by atoms with Crippen molar-refractivity contribution in [2.45, 2.75) is 71.6 Å². The van der Waals surface area contributed by atoms with Crippen LogP contribution in [0.1, 0.15) is 53.4 Å². The molecule has 2 aliphatic rings. The van der Waals surface area contributed by atoms with Crippen molar-refractivity contribution in [1.29, 1.82) is 0 Å². The van der Waals surface area contributed by atoms with Crippen LogP contribution in [0.3, 0.4) is 0 Å². The van der Waals surface area contributed by atoms with E-state index in [1.54, 1.807) is 0 Å². The molecule has 20 heavy (non-hydrogen) atoms. The fraction of sp³-hybridized carbons (Fsp3) is 0.938. The van der Waals surface area contributed by atoms with Crippen LogP contribution >= 0.6 is 0 Å². The van der Waals surface area contributed by atoms with Gasteiger partial charge in [0, 0.05) is 30.6 Å². The topological polar surface area (TPSA) is 52.6 Å². The largest absolute Gasteiger partial charge is 0.393 e. The number of likely N-dealkylation sites (tertiary alicyclic amines) is 1. The van der Waals surface area contributed by atoms with E-state index in [2.05, 4.69) is 10.2 Å². The van der Waals surface area contributed by atoms with Gasteiger partial charge in [0.05, 0.1) is 6.10 Å². The fourth-order valence-corrected chi connectivity index (χ4v) is 3.08. The number of nitrogens with one attached hydrogen (secondary N) is 1. The minimum absolute atomic E-state index is 0.113. The Morgan fingerprint density at radius 1 is 1.30 bits per heavy atom. The summed E-state index contributed by atoms with van der Waals surface area (Å²) in [6.07, 6.45) is 4.45. The summed E-state index contributed by atoms with van der Waals surface area (Å²) in [4.78, 5) is 14.7. The number of rotatable bonds is 3. The van der Waals surface area contributed by atoms with Crippen LogP contribution in [0.2, 0.25) is 0 Å². The molecule has 1 heterocycles. The van der Waals surface area contributed by atoms with Gasteiger partial charge in [0.25, 0.3) is 0 Å². The molecule has 2 N–H and O–H groups in total. The van der Waals surface area contributed by atoms with Crippen molar-refractivity contribution in [2.24, 2.45) is 11.3 Å². The molecular formula is C16H30N2O2. The van der Waals surface area contributed by atoms with Crippen molar-refractivity contribution >= 4 is 5.91 Å². The Labute approximate surface area is 122 Å². The van der Waals surface area contributed by atoms with Crippen LogP contribution in [0.4, 0.5) is 0 Å². The molecule has 0 bridgehead atoms. The monoisotopic (exact) mass is 282 g/mol. The standard InChI is InChI=1S/C16H30N2O2/c1-11(19)12-8-13(17-15(20)16(2,3)4)10-18(9-12)14-6-5-7-14/h11-14,19H,5-10H2,1-4H3,(H,17,20). The minimum atomic E-state index is -0.348. The fourth-order valence-electron chi connectivity index (χ4n) is 3.08. The smallest absolute Gasteiger partial charge is 0.225 e. The number of nitrogens with zero attached hydrogens (tertiary/aromatic N) is 1. The molecule has 1 saturated carbocycles. The number of carbonyl (C=O) groups is 1. The number of aliphatic hydroxyl groups excluding tert-OH is 1. The molecule has 1 aliphatic carbocycles. The highest BCUT2D eigenvalue weighted by Crippen LogP contribution is 2.30. The van der Waals surface area contributed by atoms with E-state index < -0.39 is 0 Å². The van der Waals surface area contributed by atoms with Gasteiger partial charge >= 0.3 is 0 Å². The summed E-state index contributed by atoms with van der Waals surface area (Å²) in [6, 6.07) is 0.848. The van der Waals surface area contributed by atoms with E-state index >= 15 is 0 Å². The van der Waals surface area contributed by atoms with E-state index in [9.17, 15) is 9.90 Å². The Morgan fingerprint density at radius 3 is 2.40 bits per heavy atom. The maximum Gasteiger partial charge on any atom is 0.225 e. The number of amides is 1. The molecule has 3 atom stereocenters. The van der Waals surface area contributed by atoms with E-state index in [1.807, 2.05) is 27.7 Å². The number of carbonyl (C=O) groups excluding carboxylic acids is 1. The van der Waals surface area contributed by atoms with Crippen molar-refractivity contribution in [2.75, 3.05) is 13.1 Å². The lowest BCUT2D eigenvalue weighted by Crippen LogP contribution is -2.57. The molecule has 0 aromatic heterocycles.